The molecule has 1 N–H and O–H groups in total. The highest BCUT2D eigenvalue weighted by Crippen LogP contribution is 2.18. The number of carbonyl (C=O) groups is 2. The number of anilines is 1. The maximum absolute atomic E-state index is 12.1. The van der Waals surface area contributed by atoms with Crippen molar-refractivity contribution in [2.45, 2.75) is 25.8 Å². The molecule has 21 heavy (non-hydrogen) atoms. The largest absolute Gasteiger partial charge is 0.347 e. The minimum absolute atomic E-state index is 0.0703. The van der Waals surface area contributed by atoms with E-state index in [0.717, 1.165) is 30.6 Å². The number of benzene rings is 1. The van der Waals surface area contributed by atoms with Gasteiger partial charge in [0.05, 0.1) is 12.6 Å². The summed E-state index contributed by atoms with van der Waals surface area (Å²) in [5.74, 6) is 0.00918. The first-order valence-electron chi connectivity index (χ1n) is 7.29. The second-order valence-electron chi connectivity index (χ2n) is 5.78. The molecule has 0 unspecified atom stereocenters. The molecule has 2 amide bonds. The Labute approximate surface area is 125 Å². The Hall–Kier alpha value is -1.88. The van der Waals surface area contributed by atoms with Crippen LogP contribution in [0.15, 0.2) is 24.3 Å². The number of nitrogens with one attached hydrogen (secondary N) is 1. The summed E-state index contributed by atoms with van der Waals surface area (Å²) >= 11 is 0. The van der Waals surface area contributed by atoms with Gasteiger partial charge in [-0.15, -0.1) is 0 Å². The van der Waals surface area contributed by atoms with Gasteiger partial charge in [-0.05, 0) is 44.0 Å². The van der Waals surface area contributed by atoms with E-state index in [1.807, 2.05) is 36.1 Å². The average molecular weight is 289 g/mol. The van der Waals surface area contributed by atoms with E-state index in [2.05, 4.69) is 5.32 Å². The van der Waals surface area contributed by atoms with Crippen molar-refractivity contribution < 1.29 is 9.59 Å². The van der Waals surface area contributed by atoms with Gasteiger partial charge in [-0.1, -0.05) is 12.1 Å². The van der Waals surface area contributed by atoms with Crippen molar-refractivity contribution in [3.63, 3.8) is 0 Å². The van der Waals surface area contributed by atoms with Crippen molar-refractivity contribution in [2.24, 2.45) is 0 Å². The lowest BCUT2D eigenvalue weighted by atomic mass is 10.2. The zero-order valence-corrected chi connectivity index (χ0v) is 12.9. The van der Waals surface area contributed by atoms with Gasteiger partial charge in [-0.3, -0.25) is 14.5 Å². The fourth-order valence-corrected chi connectivity index (χ4v) is 2.70. The first-order valence-corrected chi connectivity index (χ1v) is 7.29. The summed E-state index contributed by atoms with van der Waals surface area (Å²) in [5, 5.41) is 2.89. The molecule has 2 rings (SSSR count). The fourth-order valence-electron chi connectivity index (χ4n) is 2.70. The van der Waals surface area contributed by atoms with Crippen LogP contribution in [0.25, 0.3) is 0 Å². The van der Waals surface area contributed by atoms with Gasteiger partial charge < -0.3 is 10.2 Å². The fraction of sp³-hybridized carbons (Fsp3) is 0.500. The lowest BCUT2D eigenvalue weighted by Gasteiger charge is -2.25. The molecule has 0 spiro atoms. The van der Waals surface area contributed by atoms with Crippen molar-refractivity contribution in [3.8, 4) is 0 Å². The van der Waals surface area contributed by atoms with Crippen LogP contribution in [0, 0.1) is 6.92 Å². The number of hydrogen-bond acceptors (Lipinski definition) is 3. The van der Waals surface area contributed by atoms with Crippen LogP contribution in [-0.4, -0.2) is 54.8 Å². The van der Waals surface area contributed by atoms with Gasteiger partial charge in [-0.25, -0.2) is 0 Å². The average Bonchev–Trinajstić information content (AvgIpc) is 2.85. The molecule has 114 valence electrons. The van der Waals surface area contributed by atoms with Gasteiger partial charge in [0.1, 0.15) is 0 Å². The molecule has 1 aromatic rings. The number of likely N-dealkylation sites (N-methyl/N-ethyl adjacent to an activating group) is 1. The van der Waals surface area contributed by atoms with Gasteiger partial charge >= 0.3 is 0 Å². The number of likely N-dealkylation sites (tertiary alicyclic amines) is 1. The van der Waals surface area contributed by atoms with Gasteiger partial charge in [0.15, 0.2) is 0 Å². The Kier molecular flexibility index (Phi) is 4.96. The summed E-state index contributed by atoms with van der Waals surface area (Å²) in [6, 6.07) is 7.55. The highest BCUT2D eigenvalue weighted by Gasteiger charge is 2.32. The van der Waals surface area contributed by atoms with Gasteiger partial charge in [0, 0.05) is 19.8 Å². The number of carbonyl (C=O) groups excluding carboxylic acids is 2. The summed E-state index contributed by atoms with van der Waals surface area (Å²) in [7, 11) is 3.51. The van der Waals surface area contributed by atoms with E-state index in [-0.39, 0.29) is 24.4 Å². The first-order chi connectivity index (χ1) is 9.97. The molecule has 1 heterocycles. The quantitative estimate of drug-likeness (QED) is 0.913. The summed E-state index contributed by atoms with van der Waals surface area (Å²) in [6.07, 6.45) is 1.79. The Balaban J connectivity index is 1.94. The van der Waals surface area contributed by atoms with Crippen LogP contribution in [-0.2, 0) is 9.59 Å². The molecule has 1 aromatic carbocycles. The second kappa shape index (κ2) is 6.72. The van der Waals surface area contributed by atoms with Crippen molar-refractivity contribution in [2.75, 3.05) is 32.5 Å². The van der Waals surface area contributed by atoms with E-state index in [4.69, 9.17) is 0 Å². The van der Waals surface area contributed by atoms with E-state index in [1.54, 1.807) is 19.0 Å². The van der Waals surface area contributed by atoms with Gasteiger partial charge in [0.2, 0.25) is 11.8 Å². The molecule has 0 aromatic heterocycles. The molecular formula is C16H23N3O2. The molecule has 5 nitrogen and oxygen atoms in total. The normalized spacial score (nSPS) is 18.5. The lowest BCUT2D eigenvalue weighted by Crippen LogP contribution is -2.45. The highest BCUT2D eigenvalue weighted by atomic mass is 16.2. The molecule has 1 atom stereocenters. The molecular weight excluding hydrogens is 266 g/mol. The standard InChI is InChI=1S/C16H23N3O2/c1-12-6-4-7-13(10-12)17-15(20)11-19-9-5-8-14(19)16(21)18(2)3/h4,6-7,10,14H,5,8-9,11H2,1-3H3,(H,17,20)/t14-/m1/s1. The smallest absolute Gasteiger partial charge is 0.239 e. The Morgan fingerprint density at radius 2 is 2.14 bits per heavy atom. The van der Waals surface area contributed by atoms with E-state index >= 15 is 0 Å². The highest BCUT2D eigenvalue weighted by molar-refractivity contribution is 5.93. The third-order valence-electron chi connectivity index (χ3n) is 3.74. The number of amides is 2. The van der Waals surface area contributed by atoms with Crippen LogP contribution >= 0.6 is 0 Å². The molecule has 0 saturated carbocycles. The molecule has 1 saturated heterocycles. The Bertz CT molecular complexity index is 528. The van der Waals surface area contributed by atoms with Crippen molar-refractivity contribution in [1.29, 1.82) is 0 Å². The minimum atomic E-state index is -0.164. The minimum Gasteiger partial charge on any atom is -0.347 e. The number of aryl methyl sites for hydroxylation is 1. The third-order valence-corrected chi connectivity index (χ3v) is 3.74. The summed E-state index contributed by atoms with van der Waals surface area (Å²) < 4.78 is 0. The molecule has 1 aliphatic rings. The maximum Gasteiger partial charge on any atom is 0.239 e. The SMILES string of the molecule is Cc1cccc(NC(=O)CN2CCC[C@@H]2C(=O)N(C)C)c1. The molecule has 1 fully saturated rings. The second-order valence-corrected chi connectivity index (χ2v) is 5.78. The van der Waals surface area contributed by atoms with Crippen molar-refractivity contribution >= 4 is 17.5 Å². The van der Waals surface area contributed by atoms with Crippen LogP contribution in [0.5, 0.6) is 0 Å². The Morgan fingerprint density at radius 3 is 2.81 bits per heavy atom. The summed E-state index contributed by atoms with van der Waals surface area (Å²) in [4.78, 5) is 27.8. The van der Waals surface area contributed by atoms with Crippen LogP contribution in [0.2, 0.25) is 0 Å². The third kappa shape index (κ3) is 4.04. The summed E-state index contributed by atoms with van der Waals surface area (Å²) in [6.45, 7) is 3.05. The summed E-state index contributed by atoms with van der Waals surface area (Å²) in [5.41, 5.74) is 1.91. The molecule has 0 radical (unpaired) electrons. The van der Waals surface area contributed by atoms with Crippen LogP contribution in [0.4, 0.5) is 5.69 Å². The zero-order valence-electron chi connectivity index (χ0n) is 12.9. The maximum atomic E-state index is 12.1. The van der Waals surface area contributed by atoms with Crippen LogP contribution in [0.3, 0.4) is 0 Å². The van der Waals surface area contributed by atoms with E-state index in [9.17, 15) is 9.59 Å². The van der Waals surface area contributed by atoms with Crippen molar-refractivity contribution in [3.05, 3.63) is 29.8 Å². The number of hydrogen-bond donors (Lipinski definition) is 1. The molecule has 5 heteroatoms. The number of rotatable bonds is 4. The van der Waals surface area contributed by atoms with Crippen molar-refractivity contribution in [1.82, 2.24) is 9.80 Å². The molecule has 0 bridgehead atoms. The number of nitrogens with zero attached hydrogens (tertiary/aromatic N) is 2. The molecule has 0 aliphatic carbocycles. The van der Waals surface area contributed by atoms with E-state index in [1.165, 1.54) is 0 Å². The van der Waals surface area contributed by atoms with Gasteiger partial charge in [0.25, 0.3) is 0 Å². The zero-order chi connectivity index (χ0) is 15.4. The predicted molar refractivity (Wildman–Crippen MR) is 83.1 cm³/mol. The van der Waals surface area contributed by atoms with E-state index < -0.39 is 0 Å². The Morgan fingerprint density at radius 1 is 1.38 bits per heavy atom. The lowest BCUT2D eigenvalue weighted by molar-refractivity contribution is -0.133. The predicted octanol–water partition coefficient (Wildman–Crippen LogP) is 1.49. The van der Waals surface area contributed by atoms with E-state index in [0.29, 0.717) is 0 Å². The topological polar surface area (TPSA) is 52.7 Å². The molecule has 1 aliphatic heterocycles. The van der Waals surface area contributed by atoms with Crippen LogP contribution in [0.1, 0.15) is 18.4 Å². The first kappa shape index (κ1) is 15.5. The van der Waals surface area contributed by atoms with Gasteiger partial charge in [-0.2, -0.15) is 0 Å². The van der Waals surface area contributed by atoms with Crippen LogP contribution < -0.4 is 5.32 Å². The monoisotopic (exact) mass is 289 g/mol.